The number of rotatable bonds is 4. The lowest BCUT2D eigenvalue weighted by Gasteiger charge is -2.20. The Bertz CT molecular complexity index is 391. The first-order chi connectivity index (χ1) is 8.15. The zero-order valence-corrected chi connectivity index (χ0v) is 11.3. The topological polar surface area (TPSA) is 91.5 Å². The average Bonchev–Trinajstić information content (AvgIpc) is 2.34. The van der Waals surface area contributed by atoms with E-state index in [2.05, 4.69) is 4.99 Å². The summed E-state index contributed by atoms with van der Waals surface area (Å²) in [5.74, 6) is 0.226. The van der Waals surface area contributed by atoms with Gasteiger partial charge in [0.15, 0.2) is 11.9 Å². The normalized spacial score (nSPS) is 10.6. The average molecular weight is 270 g/mol. The fraction of sp³-hybridized carbons (Fsp3) is 0.333. The van der Waals surface area contributed by atoms with E-state index < -0.39 is 0 Å². The van der Waals surface area contributed by atoms with E-state index in [1.807, 2.05) is 37.3 Å². The number of aliphatic imine (C=N–C) groups is 1. The SMILES string of the molecule is CCCN(C(=N)N)C(N)=NCc1ccccc1.Cl. The molecular weight excluding hydrogens is 250 g/mol. The number of nitrogens with one attached hydrogen (secondary N) is 1. The van der Waals surface area contributed by atoms with Crippen LogP contribution in [0.1, 0.15) is 18.9 Å². The van der Waals surface area contributed by atoms with Crippen LogP contribution in [0.4, 0.5) is 0 Å². The molecule has 5 N–H and O–H groups in total. The highest BCUT2D eigenvalue weighted by molar-refractivity contribution is 5.95. The van der Waals surface area contributed by atoms with Gasteiger partial charge in [0.2, 0.25) is 0 Å². The van der Waals surface area contributed by atoms with E-state index in [0.717, 1.165) is 12.0 Å². The largest absolute Gasteiger partial charge is 0.370 e. The highest BCUT2D eigenvalue weighted by atomic mass is 35.5. The van der Waals surface area contributed by atoms with Gasteiger partial charge >= 0.3 is 0 Å². The van der Waals surface area contributed by atoms with Gasteiger partial charge in [-0.1, -0.05) is 37.3 Å². The zero-order chi connectivity index (χ0) is 12.7. The lowest BCUT2D eigenvalue weighted by Crippen LogP contribution is -2.45. The van der Waals surface area contributed by atoms with Gasteiger partial charge in [-0.3, -0.25) is 10.3 Å². The molecule has 0 bridgehead atoms. The summed E-state index contributed by atoms with van der Waals surface area (Å²) in [5, 5.41) is 7.41. The highest BCUT2D eigenvalue weighted by Crippen LogP contribution is 2.01. The van der Waals surface area contributed by atoms with Crippen molar-refractivity contribution in [2.45, 2.75) is 19.9 Å². The standard InChI is InChI=1S/C12H19N5.ClH/c1-2-8-17(11(13)14)12(15)16-9-10-6-4-3-5-7-10;/h3-7H,2,8-9H2,1H3,(H3,13,14)(H2,15,16);1H. The molecule has 0 spiro atoms. The van der Waals surface area contributed by atoms with Crippen molar-refractivity contribution in [1.82, 2.24) is 4.90 Å². The van der Waals surface area contributed by atoms with Crippen molar-refractivity contribution in [3.8, 4) is 0 Å². The molecule has 1 aromatic rings. The van der Waals surface area contributed by atoms with E-state index in [9.17, 15) is 0 Å². The Hall–Kier alpha value is -1.75. The van der Waals surface area contributed by atoms with Crippen molar-refractivity contribution in [3.05, 3.63) is 35.9 Å². The van der Waals surface area contributed by atoms with Crippen molar-refractivity contribution in [1.29, 1.82) is 5.41 Å². The second-order valence-corrected chi connectivity index (χ2v) is 3.70. The number of hydrogen-bond acceptors (Lipinski definition) is 2. The van der Waals surface area contributed by atoms with Gasteiger partial charge in [0.1, 0.15) is 0 Å². The van der Waals surface area contributed by atoms with Gasteiger partial charge in [-0.25, -0.2) is 4.99 Å². The first-order valence-electron chi connectivity index (χ1n) is 5.60. The van der Waals surface area contributed by atoms with Crippen LogP contribution in [0.2, 0.25) is 0 Å². The third kappa shape index (κ3) is 5.05. The first-order valence-corrected chi connectivity index (χ1v) is 5.60. The van der Waals surface area contributed by atoms with Crippen molar-refractivity contribution in [3.63, 3.8) is 0 Å². The first kappa shape index (κ1) is 16.2. The molecule has 0 unspecified atom stereocenters. The molecule has 0 aromatic heterocycles. The minimum Gasteiger partial charge on any atom is -0.370 e. The second-order valence-electron chi connectivity index (χ2n) is 3.70. The molecule has 0 aliphatic heterocycles. The van der Waals surface area contributed by atoms with Crippen LogP contribution >= 0.6 is 12.4 Å². The molecule has 0 heterocycles. The zero-order valence-electron chi connectivity index (χ0n) is 10.5. The molecule has 1 aromatic carbocycles. The van der Waals surface area contributed by atoms with E-state index in [1.165, 1.54) is 4.90 Å². The Kier molecular flexibility index (Phi) is 7.54. The highest BCUT2D eigenvalue weighted by Gasteiger charge is 2.08. The maximum atomic E-state index is 7.41. The van der Waals surface area contributed by atoms with Crippen LogP contribution in [0.5, 0.6) is 0 Å². The molecule has 6 heteroatoms. The summed E-state index contributed by atoms with van der Waals surface area (Å²) < 4.78 is 0. The third-order valence-corrected chi connectivity index (χ3v) is 2.28. The number of guanidine groups is 2. The predicted molar refractivity (Wildman–Crippen MR) is 77.9 cm³/mol. The van der Waals surface area contributed by atoms with E-state index in [0.29, 0.717) is 19.0 Å². The summed E-state index contributed by atoms with van der Waals surface area (Å²) in [6.07, 6.45) is 0.862. The van der Waals surface area contributed by atoms with Crippen LogP contribution in [0.15, 0.2) is 35.3 Å². The van der Waals surface area contributed by atoms with E-state index >= 15 is 0 Å². The molecule has 0 saturated heterocycles. The van der Waals surface area contributed by atoms with Crippen molar-refractivity contribution in [2.24, 2.45) is 16.5 Å². The lowest BCUT2D eigenvalue weighted by molar-refractivity contribution is 0.575. The molecule has 0 radical (unpaired) electrons. The number of hydrogen-bond donors (Lipinski definition) is 3. The molecule has 0 amide bonds. The van der Waals surface area contributed by atoms with Gasteiger partial charge in [0.05, 0.1) is 6.54 Å². The van der Waals surface area contributed by atoms with Gasteiger partial charge in [-0.2, -0.15) is 0 Å². The summed E-state index contributed by atoms with van der Waals surface area (Å²) in [5.41, 5.74) is 12.3. The molecule has 0 atom stereocenters. The Morgan fingerprint density at radius 3 is 2.39 bits per heavy atom. The van der Waals surface area contributed by atoms with Crippen LogP contribution < -0.4 is 11.5 Å². The number of halogens is 1. The Morgan fingerprint density at radius 1 is 1.28 bits per heavy atom. The Labute approximate surface area is 114 Å². The van der Waals surface area contributed by atoms with E-state index in [4.69, 9.17) is 16.9 Å². The van der Waals surface area contributed by atoms with Crippen LogP contribution in [-0.2, 0) is 6.54 Å². The van der Waals surface area contributed by atoms with E-state index in [-0.39, 0.29) is 18.4 Å². The van der Waals surface area contributed by atoms with Gasteiger partial charge < -0.3 is 11.5 Å². The molecule has 0 aliphatic carbocycles. The lowest BCUT2D eigenvalue weighted by atomic mass is 10.2. The summed E-state index contributed by atoms with van der Waals surface area (Å²) in [6.45, 7) is 3.11. The summed E-state index contributed by atoms with van der Waals surface area (Å²) >= 11 is 0. The molecule has 1 rings (SSSR count). The Morgan fingerprint density at radius 2 is 1.89 bits per heavy atom. The van der Waals surface area contributed by atoms with Crippen molar-refractivity contribution < 1.29 is 0 Å². The van der Waals surface area contributed by atoms with Gasteiger partial charge in [0.25, 0.3) is 0 Å². The number of nitrogens with zero attached hydrogens (tertiary/aromatic N) is 2. The third-order valence-electron chi connectivity index (χ3n) is 2.28. The van der Waals surface area contributed by atoms with Crippen LogP contribution in [-0.4, -0.2) is 23.4 Å². The smallest absolute Gasteiger partial charge is 0.198 e. The molecule has 100 valence electrons. The van der Waals surface area contributed by atoms with Crippen molar-refractivity contribution >= 4 is 24.3 Å². The fourth-order valence-corrected chi connectivity index (χ4v) is 1.42. The molecular formula is C12H20ClN5. The van der Waals surface area contributed by atoms with Crippen LogP contribution in [0.3, 0.4) is 0 Å². The summed E-state index contributed by atoms with van der Waals surface area (Å²) in [4.78, 5) is 5.74. The molecule has 0 fully saturated rings. The van der Waals surface area contributed by atoms with Crippen LogP contribution in [0.25, 0.3) is 0 Å². The fourth-order valence-electron chi connectivity index (χ4n) is 1.42. The number of nitrogens with two attached hydrogens (primary N) is 2. The van der Waals surface area contributed by atoms with Crippen molar-refractivity contribution in [2.75, 3.05) is 6.54 Å². The maximum Gasteiger partial charge on any atom is 0.198 e. The van der Waals surface area contributed by atoms with Gasteiger partial charge in [-0.15, -0.1) is 12.4 Å². The maximum absolute atomic E-state index is 7.41. The Balaban J connectivity index is 0.00000289. The predicted octanol–water partition coefficient (Wildman–Crippen LogP) is 1.53. The monoisotopic (exact) mass is 269 g/mol. The summed E-state index contributed by atoms with van der Waals surface area (Å²) in [7, 11) is 0. The quantitative estimate of drug-likeness (QED) is 0.572. The molecule has 0 aliphatic rings. The summed E-state index contributed by atoms with van der Waals surface area (Å²) in [6, 6.07) is 9.82. The molecule has 18 heavy (non-hydrogen) atoms. The van der Waals surface area contributed by atoms with Gasteiger partial charge in [0, 0.05) is 6.54 Å². The van der Waals surface area contributed by atoms with Gasteiger partial charge in [-0.05, 0) is 12.0 Å². The minimum atomic E-state index is -0.0684. The van der Waals surface area contributed by atoms with E-state index in [1.54, 1.807) is 0 Å². The number of benzene rings is 1. The van der Waals surface area contributed by atoms with Crippen LogP contribution in [0, 0.1) is 5.41 Å². The molecule has 5 nitrogen and oxygen atoms in total. The second kappa shape index (κ2) is 8.36. The minimum absolute atomic E-state index is 0. The molecule has 0 saturated carbocycles.